The third-order valence-electron chi connectivity index (χ3n) is 1.86. The van der Waals surface area contributed by atoms with E-state index >= 15 is 0 Å². The molecule has 0 aromatic heterocycles. The Balaban J connectivity index is 3.13. The molecule has 3 nitrogen and oxygen atoms in total. The summed E-state index contributed by atoms with van der Waals surface area (Å²) in [5.74, 6) is 0.420. The van der Waals surface area contributed by atoms with E-state index in [0.29, 0.717) is 5.84 Å². The molecule has 0 aliphatic rings. The second-order valence-corrected chi connectivity index (χ2v) is 2.98. The van der Waals surface area contributed by atoms with Crippen LogP contribution in [0, 0.1) is 13.8 Å². The van der Waals surface area contributed by atoms with E-state index in [2.05, 4.69) is 9.99 Å². The Bertz CT molecular complexity index is 332. The van der Waals surface area contributed by atoms with Crippen molar-refractivity contribution >= 4 is 5.84 Å². The minimum absolute atomic E-state index is 0.420. The fourth-order valence-corrected chi connectivity index (χ4v) is 1.16. The average Bonchev–Trinajstić information content (AvgIpc) is 2.09. The third kappa shape index (κ3) is 2.21. The second kappa shape index (κ2) is 3.94. The number of hydrogen-bond donors (Lipinski definition) is 1. The van der Waals surface area contributed by atoms with E-state index in [4.69, 9.17) is 5.73 Å². The molecule has 3 heteroatoms. The minimum Gasteiger partial charge on any atom is -0.397 e. The molecule has 70 valence electrons. The van der Waals surface area contributed by atoms with Crippen molar-refractivity contribution in [2.75, 3.05) is 7.11 Å². The summed E-state index contributed by atoms with van der Waals surface area (Å²) in [5.41, 5.74) is 8.90. The van der Waals surface area contributed by atoms with Gasteiger partial charge >= 0.3 is 0 Å². The molecule has 0 spiro atoms. The first kappa shape index (κ1) is 9.58. The zero-order valence-corrected chi connectivity index (χ0v) is 8.16. The van der Waals surface area contributed by atoms with Crippen LogP contribution in [0.1, 0.15) is 16.7 Å². The summed E-state index contributed by atoms with van der Waals surface area (Å²) in [6.45, 7) is 4.01. The number of hydrogen-bond acceptors (Lipinski definition) is 2. The summed E-state index contributed by atoms with van der Waals surface area (Å²) in [4.78, 5) is 4.62. The molecule has 2 N–H and O–H groups in total. The number of nitrogens with two attached hydrogens (primary N) is 1. The summed E-state index contributed by atoms with van der Waals surface area (Å²) in [6, 6.07) is 6.05. The highest BCUT2D eigenvalue weighted by Crippen LogP contribution is 2.09. The first-order valence-corrected chi connectivity index (χ1v) is 4.09. The molecule has 1 rings (SSSR count). The number of rotatable bonds is 2. The fraction of sp³-hybridized carbons (Fsp3) is 0.300. The lowest BCUT2D eigenvalue weighted by Crippen LogP contribution is -2.15. The molecule has 0 unspecified atom stereocenters. The highest BCUT2D eigenvalue weighted by Gasteiger charge is 2.02. The zero-order valence-electron chi connectivity index (χ0n) is 8.16. The van der Waals surface area contributed by atoms with Crippen molar-refractivity contribution in [2.45, 2.75) is 13.8 Å². The summed E-state index contributed by atoms with van der Waals surface area (Å²) in [5, 5.41) is 3.69. The van der Waals surface area contributed by atoms with E-state index in [1.807, 2.05) is 32.0 Å². The van der Waals surface area contributed by atoms with Crippen LogP contribution in [0.2, 0.25) is 0 Å². The van der Waals surface area contributed by atoms with Crippen LogP contribution < -0.4 is 5.73 Å². The van der Waals surface area contributed by atoms with Crippen LogP contribution in [0.3, 0.4) is 0 Å². The van der Waals surface area contributed by atoms with Gasteiger partial charge in [-0.2, -0.15) is 0 Å². The van der Waals surface area contributed by atoms with Crippen LogP contribution in [0.4, 0.5) is 0 Å². The molecule has 1 aromatic carbocycles. The Kier molecular flexibility index (Phi) is 2.90. The molecular weight excluding hydrogens is 164 g/mol. The molecule has 0 bridgehead atoms. The molecule has 0 saturated heterocycles. The van der Waals surface area contributed by atoms with Crippen molar-refractivity contribution in [2.24, 2.45) is 10.9 Å². The summed E-state index contributed by atoms with van der Waals surface area (Å²) >= 11 is 0. The maximum absolute atomic E-state index is 5.70. The zero-order chi connectivity index (χ0) is 9.84. The Hall–Kier alpha value is -1.51. The monoisotopic (exact) mass is 178 g/mol. The highest BCUT2D eigenvalue weighted by atomic mass is 16.6. The van der Waals surface area contributed by atoms with E-state index < -0.39 is 0 Å². The first-order chi connectivity index (χ1) is 6.15. The average molecular weight is 178 g/mol. The molecular formula is C10H14N2O. The van der Waals surface area contributed by atoms with Crippen LogP contribution in [-0.4, -0.2) is 12.9 Å². The van der Waals surface area contributed by atoms with Gasteiger partial charge in [-0.15, -0.1) is 0 Å². The molecule has 0 atom stereocenters. The van der Waals surface area contributed by atoms with Crippen molar-refractivity contribution in [1.29, 1.82) is 0 Å². The van der Waals surface area contributed by atoms with Gasteiger partial charge in [0.05, 0.1) is 0 Å². The Morgan fingerprint density at radius 2 is 2.08 bits per heavy atom. The highest BCUT2D eigenvalue weighted by molar-refractivity contribution is 5.98. The van der Waals surface area contributed by atoms with Crippen molar-refractivity contribution in [3.05, 3.63) is 34.9 Å². The Morgan fingerprint density at radius 3 is 2.69 bits per heavy atom. The summed E-state index contributed by atoms with van der Waals surface area (Å²) < 4.78 is 0. The van der Waals surface area contributed by atoms with E-state index in [-0.39, 0.29) is 0 Å². The fourth-order valence-electron chi connectivity index (χ4n) is 1.16. The molecule has 0 aliphatic carbocycles. The van der Waals surface area contributed by atoms with Gasteiger partial charge < -0.3 is 10.6 Å². The number of nitrogens with zero attached hydrogens (tertiary/aromatic N) is 1. The van der Waals surface area contributed by atoms with Crippen molar-refractivity contribution in [3.8, 4) is 0 Å². The van der Waals surface area contributed by atoms with Gasteiger partial charge in [-0.05, 0) is 25.5 Å². The number of benzene rings is 1. The SMILES string of the molecule is CO/N=C(/N)c1cc(C)ccc1C. The largest absolute Gasteiger partial charge is 0.397 e. The third-order valence-corrected chi connectivity index (χ3v) is 1.86. The van der Waals surface area contributed by atoms with E-state index in [1.54, 1.807) is 0 Å². The van der Waals surface area contributed by atoms with Gasteiger partial charge in [0.25, 0.3) is 0 Å². The first-order valence-electron chi connectivity index (χ1n) is 4.09. The summed E-state index contributed by atoms with van der Waals surface area (Å²) in [7, 11) is 1.48. The van der Waals surface area contributed by atoms with Crippen LogP contribution in [0.15, 0.2) is 23.4 Å². The van der Waals surface area contributed by atoms with Gasteiger partial charge in [-0.3, -0.25) is 0 Å². The lowest BCUT2D eigenvalue weighted by Gasteiger charge is -2.05. The maximum Gasteiger partial charge on any atom is 0.170 e. The minimum atomic E-state index is 0.420. The maximum atomic E-state index is 5.70. The van der Waals surface area contributed by atoms with Crippen molar-refractivity contribution in [1.82, 2.24) is 0 Å². The van der Waals surface area contributed by atoms with E-state index in [9.17, 15) is 0 Å². The number of oxime groups is 1. The van der Waals surface area contributed by atoms with Crippen molar-refractivity contribution < 1.29 is 4.84 Å². The molecule has 0 amide bonds. The molecule has 0 aliphatic heterocycles. The normalized spacial score (nSPS) is 11.5. The number of amidine groups is 1. The molecule has 0 heterocycles. The van der Waals surface area contributed by atoms with Crippen LogP contribution in [0.5, 0.6) is 0 Å². The Labute approximate surface area is 78.2 Å². The van der Waals surface area contributed by atoms with E-state index in [1.165, 1.54) is 7.11 Å². The predicted molar refractivity (Wildman–Crippen MR) is 53.6 cm³/mol. The lowest BCUT2D eigenvalue weighted by atomic mass is 10.1. The van der Waals surface area contributed by atoms with E-state index in [0.717, 1.165) is 16.7 Å². The second-order valence-electron chi connectivity index (χ2n) is 2.98. The molecule has 1 aromatic rings. The van der Waals surface area contributed by atoms with Gasteiger partial charge in [-0.1, -0.05) is 22.9 Å². The molecule has 0 saturated carbocycles. The van der Waals surface area contributed by atoms with Gasteiger partial charge in [-0.25, -0.2) is 0 Å². The topological polar surface area (TPSA) is 47.6 Å². The van der Waals surface area contributed by atoms with Gasteiger partial charge in [0.2, 0.25) is 0 Å². The van der Waals surface area contributed by atoms with Crippen LogP contribution in [-0.2, 0) is 4.84 Å². The summed E-state index contributed by atoms with van der Waals surface area (Å²) in [6.07, 6.45) is 0. The lowest BCUT2D eigenvalue weighted by molar-refractivity contribution is 0.213. The predicted octanol–water partition coefficient (Wildman–Crippen LogP) is 1.57. The molecule has 13 heavy (non-hydrogen) atoms. The molecule has 0 radical (unpaired) electrons. The number of aryl methyl sites for hydroxylation is 2. The van der Waals surface area contributed by atoms with Gasteiger partial charge in [0, 0.05) is 5.56 Å². The van der Waals surface area contributed by atoms with Gasteiger partial charge in [0.15, 0.2) is 5.84 Å². The van der Waals surface area contributed by atoms with Gasteiger partial charge in [0.1, 0.15) is 7.11 Å². The Morgan fingerprint density at radius 1 is 1.38 bits per heavy atom. The standard InChI is InChI=1S/C10H14N2O/c1-7-4-5-8(2)9(6-7)10(11)12-13-3/h4-6H,1-3H3,(H2,11,12). The molecule has 0 fully saturated rings. The van der Waals surface area contributed by atoms with Crippen LogP contribution >= 0.6 is 0 Å². The smallest absolute Gasteiger partial charge is 0.170 e. The quantitative estimate of drug-likeness (QED) is 0.424. The van der Waals surface area contributed by atoms with Crippen LogP contribution in [0.25, 0.3) is 0 Å². The van der Waals surface area contributed by atoms with Crippen molar-refractivity contribution in [3.63, 3.8) is 0 Å².